The van der Waals surface area contributed by atoms with Crippen LogP contribution in [0.1, 0.15) is 46.0 Å². The van der Waals surface area contributed by atoms with Gasteiger partial charge in [-0.2, -0.15) is 0 Å². The first kappa shape index (κ1) is 12.8. The van der Waals surface area contributed by atoms with Crippen LogP contribution in [0.3, 0.4) is 0 Å². The van der Waals surface area contributed by atoms with Gasteiger partial charge in [0, 0.05) is 0 Å². The SMILES string of the molecule is CCCCCCC(SCC)C(=O)O. The fourth-order valence-electron chi connectivity index (χ4n) is 1.24. The number of carboxylic acid groups (broad SMARTS) is 1. The van der Waals surface area contributed by atoms with Crippen LogP contribution in [-0.4, -0.2) is 22.1 Å². The van der Waals surface area contributed by atoms with Gasteiger partial charge in [0.1, 0.15) is 5.25 Å². The van der Waals surface area contributed by atoms with Crippen LogP contribution in [0.2, 0.25) is 0 Å². The predicted molar refractivity (Wildman–Crippen MR) is 58.3 cm³/mol. The summed E-state index contributed by atoms with van der Waals surface area (Å²) in [5.74, 6) is 0.244. The van der Waals surface area contributed by atoms with Gasteiger partial charge in [-0.15, -0.1) is 11.8 Å². The maximum atomic E-state index is 10.7. The van der Waals surface area contributed by atoms with Gasteiger partial charge >= 0.3 is 5.97 Å². The third-order valence-electron chi connectivity index (χ3n) is 1.96. The number of carboxylic acids is 1. The Labute approximate surface area is 85.1 Å². The van der Waals surface area contributed by atoms with Crippen molar-refractivity contribution in [1.82, 2.24) is 0 Å². The van der Waals surface area contributed by atoms with Crippen LogP contribution in [0.4, 0.5) is 0 Å². The van der Waals surface area contributed by atoms with Crippen molar-refractivity contribution in [2.24, 2.45) is 0 Å². The van der Waals surface area contributed by atoms with Crippen molar-refractivity contribution in [2.45, 2.75) is 51.2 Å². The van der Waals surface area contributed by atoms with E-state index in [1.165, 1.54) is 19.3 Å². The first-order valence-corrected chi connectivity index (χ1v) is 6.11. The summed E-state index contributed by atoms with van der Waals surface area (Å²) in [7, 11) is 0. The van der Waals surface area contributed by atoms with E-state index < -0.39 is 5.97 Å². The van der Waals surface area contributed by atoms with Crippen LogP contribution < -0.4 is 0 Å². The van der Waals surface area contributed by atoms with Crippen molar-refractivity contribution in [3.05, 3.63) is 0 Å². The van der Waals surface area contributed by atoms with Gasteiger partial charge in [-0.05, 0) is 12.2 Å². The lowest BCUT2D eigenvalue weighted by molar-refractivity contribution is -0.136. The van der Waals surface area contributed by atoms with Crippen LogP contribution in [-0.2, 0) is 4.79 Å². The third kappa shape index (κ3) is 6.94. The Bertz CT molecular complexity index is 137. The van der Waals surface area contributed by atoms with E-state index in [1.807, 2.05) is 6.92 Å². The highest BCUT2D eigenvalue weighted by molar-refractivity contribution is 8.00. The van der Waals surface area contributed by atoms with Gasteiger partial charge in [-0.25, -0.2) is 0 Å². The van der Waals surface area contributed by atoms with E-state index in [0.717, 1.165) is 18.6 Å². The number of aliphatic carboxylic acids is 1. The van der Waals surface area contributed by atoms with E-state index in [2.05, 4.69) is 6.92 Å². The standard InChI is InChI=1S/C10H20O2S/c1-3-5-6-7-8-9(10(11)12)13-4-2/h9H,3-8H2,1-2H3,(H,11,12). The summed E-state index contributed by atoms with van der Waals surface area (Å²) in [6, 6.07) is 0. The van der Waals surface area contributed by atoms with Gasteiger partial charge in [-0.1, -0.05) is 39.5 Å². The Kier molecular flexibility index (Phi) is 8.30. The molecule has 0 aromatic carbocycles. The smallest absolute Gasteiger partial charge is 0.316 e. The van der Waals surface area contributed by atoms with E-state index >= 15 is 0 Å². The normalized spacial score (nSPS) is 12.8. The van der Waals surface area contributed by atoms with Crippen molar-refractivity contribution < 1.29 is 9.90 Å². The molecule has 1 N–H and O–H groups in total. The van der Waals surface area contributed by atoms with Crippen LogP contribution in [0.5, 0.6) is 0 Å². The summed E-state index contributed by atoms with van der Waals surface area (Å²) in [6.07, 6.45) is 5.48. The minimum atomic E-state index is -0.650. The Morgan fingerprint density at radius 2 is 2.00 bits per heavy atom. The van der Waals surface area contributed by atoms with E-state index in [-0.39, 0.29) is 5.25 Å². The first-order chi connectivity index (χ1) is 6.22. The summed E-state index contributed by atoms with van der Waals surface area (Å²) in [4.78, 5) is 10.7. The fraction of sp³-hybridized carbons (Fsp3) is 0.900. The summed E-state index contributed by atoms with van der Waals surface area (Å²) in [5.41, 5.74) is 0. The Morgan fingerprint density at radius 1 is 1.31 bits per heavy atom. The predicted octanol–water partition coefficient (Wildman–Crippen LogP) is 3.16. The molecule has 1 atom stereocenters. The Morgan fingerprint density at radius 3 is 2.46 bits per heavy atom. The second-order valence-corrected chi connectivity index (χ2v) is 4.61. The number of thioether (sulfide) groups is 1. The number of hydrogen-bond acceptors (Lipinski definition) is 2. The second kappa shape index (κ2) is 8.42. The number of carbonyl (C=O) groups is 1. The molecule has 0 bridgehead atoms. The lowest BCUT2D eigenvalue weighted by Crippen LogP contribution is -2.16. The van der Waals surface area contributed by atoms with Crippen molar-refractivity contribution in [2.75, 3.05) is 5.75 Å². The Balaban J connectivity index is 3.51. The Hall–Kier alpha value is -0.180. The van der Waals surface area contributed by atoms with Gasteiger partial charge < -0.3 is 5.11 Å². The molecule has 0 rings (SSSR count). The van der Waals surface area contributed by atoms with Crippen molar-refractivity contribution >= 4 is 17.7 Å². The average Bonchev–Trinajstić information content (AvgIpc) is 2.10. The molecule has 78 valence electrons. The molecule has 0 aliphatic heterocycles. The van der Waals surface area contributed by atoms with Crippen molar-refractivity contribution in [3.63, 3.8) is 0 Å². The molecule has 0 saturated heterocycles. The molecule has 0 spiro atoms. The van der Waals surface area contributed by atoms with Gasteiger partial charge in [0.15, 0.2) is 0 Å². The van der Waals surface area contributed by atoms with Crippen LogP contribution in [0.15, 0.2) is 0 Å². The van der Waals surface area contributed by atoms with Gasteiger partial charge in [0.2, 0.25) is 0 Å². The maximum Gasteiger partial charge on any atom is 0.316 e. The van der Waals surface area contributed by atoms with E-state index in [1.54, 1.807) is 11.8 Å². The molecule has 0 heterocycles. The highest BCUT2D eigenvalue weighted by Gasteiger charge is 2.15. The molecule has 0 aromatic heterocycles. The lowest BCUT2D eigenvalue weighted by atomic mass is 10.1. The number of hydrogen-bond donors (Lipinski definition) is 1. The molecular weight excluding hydrogens is 184 g/mol. The average molecular weight is 204 g/mol. The molecule has 0 aliphatic carbocycles. The van der Waals surface area contributed by atoms with E-state index in [0.29, 0.717) is 0 Å². The van der Waals surface area contributed by atoms with Crippen molar-refractivity contribution in [1.29, 1.82) is 0 Å². The highest BCUT2D eigenvalue weighted by Crippen LogP contribution is 2.18. The zero-order valence-electron chi connectivity index (χ0n) is 8.58. The van der Waals surface area contributed by atoms with Crippen LogP contribution >= 0.6 is 11.8 Å². The molecule has 0 radical (unpaired) electrons. The van der Waals surface area contributed by atoms with E-state index in [9.17, 15) is 4.79 Å². The summed E-state index contributed by atoms with van der Waals surface area (Å²) in [6.45, 7) is 4.17. The summed E-state index contributed by atoms with van der Waals surface area (Å²) in [5, 5.41) is 8.66. The molecule has 1 unspecified atom stereocenters. The minimum absolute atomic E-state index is 0.179. The zero-order valence-corrected chi connectivity index (χ0v) is 9.40. The van der Waals surface area contributed by atoms with Crippen molar-refractivity contribution in [3.8, 4) is 0 Å². The first-order valence-electron chi connectivity index (χ1n) is 5.06. The third-order valence-corrected chi connectivity index (χ3v) is 3.14. The maximum absolute atomic E-state index is 10.7. The molecule has 13 heavy (non-hydrogen) atoms. The van der Waals surface area contributed by atoms with Gasteiger partial charge in [-0.3, -0.25) is 4.79 Å². The largest absolute Gasteiger partial charge is 0.480 e. The van der Waals surface area contributed by atoms with Crippen LogP contribution in [0, 0.1) is 0 Å². The molecule has 2 nitrogen and oxygen atoms in total. The van der Waals surface area contributed by atoms with Gasteiger partial charge in [0.25, 0.3) is 0 Å². The molecule has 0 aromatic rings. The molecule has 0 saturated carbocycles. The number of rotatable bonds is 8. The van der Waals surface area contributed by atoms with Crippen LogP contribution in [0.25, 0.3) is 0 Å². The topological polar surface area (TPSA) is 37.3 Å². The quantitative estimate of drug-likeness (QED) is 0.617. The number of unbranched alkanes of at least 4 members (excludes halogenated alkanes) is 3. The fourth-order valence-corrected chi connectivity index (χ4v) is 2.11. The highest BCUT2D eigenvalue weighted by atomic mass is 32.2. The van der Waals surface area contributed by atoms with E-state index in [4.69, 9.17) is 5.11 Å². The molecule has 0 fully saturated rings. The lowest BCUT2D eigenvalue weighted by Gasteiger charge is -2.09. The minimum Gasteiger partial charge on any atom is -0.480 e. The molecule has 3 heteroatoms. The second-order valence-electron chi connectivity index (χ2n) is 3.13. The van der Waals surface area contributed by atoms with Gasteiger partial charge in [0.05, 0.1) is 0 Å². The molecule has 0 aliphatic rings. The zero-order chi connectivity index (χ0) is 10.1. The summed E-state index contributed by atoms with van der Waals surface area (Å²) < 4.78 is 0. The summed E-state index contributed by atoms with van der Waals surface area (Å²) >= 11 is 1.54. The monoisotopic (exact) mass is 204 g/mol. The molecular formula is C10H20O2S. The molecule has 0 amide bonds.